The highest BCUT2D eigenvalue weighted by Crippen LogP contribution is 2.37. The maximum Gasteiger partial charge on any atom is 0.251 e. The fourth-order valence-corrected chi connectivity index (χ4v) is 3.88. The van der Waals surface area contributed by atoms with E-state index in [2.05, 4.69) is 30.6 Å². The van der Waals surface area contributed by atoms with E-state index in [0.29, 0.717) is 30.1 Å². The number of hydrogen-bond acceptors (Lipinski definition) is 7. The van der Waals surface area contributed by atoms with Gasteiger partial charge in [0.2, 0.25) is 5.95 Å². The second-order valence-corrected chi connectivity index (χ2v) is 7.61. The van der Waals surface area contributed by atoms with Gasteiger partial charge >= 0.3 is 0 Å². The molecule has 0 radical (unpaired) electrons. The largest absolute Gasteiger partial charge is 0.378 e. The molecule has 3 aromatic rings. The van der Waals surface area contributed by atoms with Crippen LogP contribution in [0.25, 0.3) is 16.9 Å². The number of rotatable bonds is 4. The number of hydrogen-bond donors (Lipinski definition) is 2. The van der Waals surface area contributed by atoms with Crippen molar-refractivity contribution < 1.29 is 17.9 Å². The molecule has 0 aliphatic carbocycles. The summed E-state index contributed by atoms with van der Waals surface area (Å²) >= 11 is 0. The summed E-state index contributed by atoms with van der Waals surface area (Å²) in [5, 5.41) is 14.1. The lowest BCUT2D eigenvalue weighted by molar-refractivity contribution is -0.0220. The zero-order valence-electron chi connectivity index (χ0n) is 16.1. The minimum atomic E-state index is -2.68. The van der Waals surface area contributed by atoms with Crippen LogP contribution < -0.4 is 10.2 Å². The second kappa shape index (κ2) is 7.42. The van der Waals surface area contributed by atoms with Crippen molar-refractivity contribution >= 4 is 17.3 Å². The third kappa shape index (κ3) is 3.55. The lowest BCUT2D eigenvalue weighted by Gasteiger charge is -2.34. The maximum atomic E-state index is 14.1. The van der Waals surface area contributed by atoms with Crippen LogP contribution in [0.1, 0.15) is 19.3 Å². The predicted octanol–water partition coefficient (Wildman–Crippen LogP) is 2.29. The maximum absolute atomic E-state index is 14.1. The Hall–Kier alpha value is -2.89. The van der Waals surface area contributed by atoms with E-state index in [9.17, 15) is 13.2 Å². The summed E-state index contributed by atoms with van der Waals surface area (Å²) in [5.41, 5.74) is 2.38. The van der Waals surface area contributed by atoms with Gasteiger partial charge in [0, 0.05) is 44.3 Å². The molecule has 0 bridgehead atoms. The third-order valence-corrected chi connectivity index (χ3v) is 5.55. The highest BCUT2D eigenvalue weighted by atomic mass is 19.3. The second-order valence-electron chi connectivity index (χ2n) is 7.61. The number of nitrogens with zero attached hydrogens (tertiary/aromatic N) is 6. The molecule has 2 saturated heterocycles. The number of halogens is 3. The van der Waals surface area contributed by atoms with E-state index in [1.807, 2.05) is 4.90 Å². The molecule has 2 aliphatic rings. The van der Waals surface area contributed by atoms with Gasteiger partial charge in [0.1, 0.15) is 23.9 Å². The standard InChI is InChI=1S/C18H21F3N8O/c19-12-9-30-6-1-13(12)25-17-26-16-15(28-4-2-18(20,21)3-5-28)14(11-7-23-24-8-11)22-10-29(16)27-17/h7-8,10,12-13H,1-6,9H2,(H,23,24)(H,25,27)/t12-,13+/m1/s1. The van der Waals surface area contributed by atoms with E-state index in [1.54, 1.807) is 12.4 Å². The summed E-state index contributed by atoms with van der Waals surface area (Å²) in [5.74, 6) is -2.41. The number of anilines is 2. The van der Waals surface area contributed by atoms with Crippen molar-refractivity contribution in [3.05, 3.63) is 18.7 Å². The average molecular weight is 422 g/mol. The van der Waals surface area contributed by atoms with Crippen molar-refractivity contribution in [1.29, 1.82) is 0 Å². The molecule has 2 fully saturated rings. The minimum absolute atomic E-state index is 0.0322. The van der Waals surface area contributed by atoms with E-state index in [1.165, 1.54) is 10.8 Å². The van der Waals surface area contributed by atoms with Crippen LogP contribution in [-0.4, -0.2) is 74.2 Å². The van der Waals surface area contributed by atoms with Gasteiger partial charge in [-0.2, -0.15) is 14.6 Å². The summed E-state index contributed by atoms with van der Waals surface area (Å²) in [6.07, 6.45) is 3.66. The lowest BCUT2D eigenvalue weighted by atomic mass is 10.1. The average Bonchev–Trinajstić information content (AvgIpc) is 3.39. The van der Waals surface area contributed by atoms with Gasteiger partial charge in [-0.1, -0.05) is 0 Å². The molecule has 0 saturated carbocycles. The molecule has 2 atom stereocenters. The first kappa shape index (κ1) is 19.1. The summed E-state index contributed by atoms with van der Waals surface area (Å²) in [6, 6.07) is -0.449. The molecule has 0 amide bonds. The Bertz CT molecular complexity index is 1010. The Morgan fingerprint density at radius 2 is 2.10 bits per heavy atom. The summed E-state index contributed by atoms with van der Waals surface area (Å²) in [7, 11) is 0. The van der Waals surface area contributed by atoms with Crippen molar-refractivity contribution in [3.8, 4) is 11.3 Å². The first-order valence-corrected chi connectivity index (χ1v) is 9.86. The van der Waals surface area contributed by atoms with E-state index < -0.39 is 18.1 Å². The molecular weight excluding hydrogens is 401 g/mol. The number of fused-ring (bicyclic) bond motifs is 1. The summed E-state index contributed by atoms with van der Waals surface area (Å²) in [4.78, 5) is 10.9. The van der Waals surface area contributed by atoms with Crippen LogP contribution in [0.2, 0.25) is 0 Å². The molecule has 160 valence electrons. The smallest absolute Gasteiger partial charge is 0.251 e. The van der Waals surface area contributed by atoms with Crippen LogP contribution >= 0.6 is 0 Å². The fraction of sp³-hybridized carbons (Fsp3) is 0.556. The zero-order chi connectivity index (χ0) is 20.7. The summed E-state index contributed by atoms with van der Waals surface area (Å²) < 4.78 is 48.2. The molecule has 3 aromatic heterocycles. The third-order valence-electron chi connectivity index (χ3n) is 5.55. The molecule has 0 spiro atoms. The molecule has 12 heteroatoms. The Labute approximate surface area is 169 Å². The fourth-order valence-electron chi connectivity index (χ4n) is 3.88. The molecule has 9 nitrogen and oxygen atoms in total. The van der Waals surface area contributed by atoms with Gasteiger partial charge in [0.25, 0.3) is 5.92 Å². The predicted molar refractivity (Wildman–Crippen MR) is 103 cm³/mol. The molecule has 2 aliphatic heterocycles. The first-order valence-electron chi connectivity index (χ1n) is 9.86. The van der Waals surface area contributed by atoms with Crippen LogP contribution in [0, 0.1) is 0 Å². The van der Waals surface area contributed by atoms with Crippen LogP contribution in [0.15, 0.2) is 18.7 Å². The number of aromatic nitrogens is 6. The quantitative estimate of drug-likeness (QED) is 0.666. The minimum Gasteiger partial charge on any atom is -0.378 e. The van der Waals surface area contributed by atoms with Gasteiger partial charge in [0.05, 0.1) is 18.8 Å². The van der Waals surface area contributed by atoms with Crippen molar-refractivity contribution in [2.24, 2.45) is 0 Å². The molecular formula is C18H21F3N8O. The highest BCUT2D eigenvalue weighted by Gasteiger charge is 2.36. The first-order chi connectivity index (χ1) is 14.5. The number of piperidine rings is 1. The van der Waals surface area contributed by atoms with E-state index in [0.717, 1.165) is 5.56 Å². The molecule has 0 aromatic carbocycles. The van der Waals surface area contributed by atoms with Crippen LogP contribution in [0.4, 0.5) is 24.8 Å². The molecule has 2 N–H and O–H groups in total. The number of nitrogens with one attached hydrogen (secondary N) is 2. The van der Waals surface area contributed by atoms with E-state index in [-0.39, 0.29) is 38.5 Å². The summed E-state index contributed by atoms with van der Waals surface area (Å²) in [6.45, 7) is 0.831. The highest BCUT2D eigenvalue weighted by molar-refractivity contribution is 5.85. The van der Waals surface area contributed by atoms with Gasteiger partial charge in [-0.05, 0) is 6.42 Å². The van der Waals surface area contributed by atoms with Crippen LogP contribution in [0.3, 0.4) is 0 Å². The molecule has 0 unspecified atom stereocenters. The number of H-pyrrole nitrogens is 1. The Kier molecular flexibility index (Phi) is 4.72. The van der Waals surface area contributed by atoms with Gasteiger partial charge in [-0.25, -0.2) is 18.2 Å². The SMILES string of the molecule is F[C@@H]1COCC[C@@H]1Nc1nc2c(N3CCC(F)(F)CC3)c(-c3cn[nH]c3)ncn2n1. The van der Waals surface area contributed by atoms with Gasteiger partial charge in [-0.3, -0.25) is 5.10 Å². The zero-order valence-corrected chi connectivity index (χ0v) is 16.1. The molecule has 30 heavy (non-hydrogen) atoms. The van der Waals surface area contributed by atoms with E-state index >= 15 is 0 Å². The number of aromatic amines is 1. The number of ether oxygens (including phenoxy) is 1. The monoisotopic (exact) mass is 422 g/mol. The molecule has 5 heterocycles. The Balaban J connectivity index is 1.54. The Morgan fingerprint density at radius 3 is 2.83 bits per heavy atom. The van der Waals surface area contributed by atoms with Crippen molar-refractivity contribution in [2.45, 2.75) is 37.4 Å². The van der Waals surface area contributed by atoms with Crippen molar-refractivity contribution in [2.75, 3.05) is 36.5 Å². The van der Waals surface area contributed by atoms with Crippen LogP contribution in [-0.2, 0) is 4.74 Å². The molecule has 5 rings (SSSR count). The Morgan fingerprint density at radius 1 is 1.27 bits per heavy atom. The van der Waals surface area contributed by atoms with Gasteiger partial charge in [-0.15, -0.1) is 5.10 Å². The van der Waals surface area contributed by atoms with Crippen molar-refractivity contribution in [3.63, 3.8) is 0 Å². The lowest BCUT2D eigenvalue weighted by Crippen LogP contribution is -2.40. The normalized spacial score (nSPS) is 24.3. The topological polar surface area (TPSA) is 96.3 Å². The number of alkyl halides is 3. The van der Waals surface area contributed by atoms with Crippen LogP contribution in [0.5, 0.6) is 0 Å². The van der Waals surface area contributed by atoms with E-state index in [4.69, 9.17) is 4.74 Å². The van der Waals surface area contributed by atoms with Crippen molar-refractivity contribution in [1.82, 2.24) is 29.8 Å². The van der Waals surface area contributed by atoms with Gasteiger partial charge < -0.3 is 15.0 Å². The van der Waals surface area contributed by atoms with Gasteiger partial charge in [0.15, 0.2) is 5.65 Å².